The number of aliphatic hydroxyl groups excluding tert-OH is 2. The van der Waals surface area contributed by atoms with Gasteiger partial charge in [0.25, 0.3) is 0 Å². The minimum absolute atomic E-state index is 0.238. The molecule has 2 fully saturated rings. The van der Waals surface area contributed by atoms with Crippen molar-refractivity contribution in [2.75, 3.05) is 19.8 Å². The lowest BCUT2D eigenvalue weighted by molar-refractivity contribution is -0.201. The highest BCUT2D eigenvalue weighted by atomic mass is 35.5. The monoisotopic (exact) mass is 746 g/mol. The quantitative estimate of drug-likeness (QED) is 0.0972. The van der Waals surface area contributed by atoms with Gasteiger partial charge < -0.3 is 30.1 Å². The number of amides is 1. The Balaban J connectivity index is 0.000000305. The van der Waals surface area contributed by atoms with Gasteiger partial charge in [-0.2, -0.15) is 0 Å². The summed E-state index contributed by atoms with van der Waals surface area (Å²) in [6.45, 7) is 4.57. The zero-order valence-electron chi connectivity index (χ0n) is 27.5. The van der Waals surface area contributed by atoms with Gasteiger partial charge in [0.15, 0.2) is 0 Å². The number of benzene rings is 2. The number of hydrogen-bond acceptors (Lipinski definition) is 12. The maximum Gasteiger partial charge on any atom is 0.470 e. The second-order valence-corrected chi connectivity index (χ2v) is 14.6. The van der Waals surface area contributed by atoms with Crippen LogP contribution in [0.3, 0.4) is 0 Å². The highest BCUT2D eigenvalue weighted by Gasteiger charge is 2.51. The number of alkyl halides is 1. The summed E-state index contributed by atoms with van der Waals surface area (Å²) in [5, 5.41) is 23.4. The number of likely N-dealkylation sites (N-methyl/N-ethyl adjacent to an activating group) is 1. The Hall–Kier alpha value is -2.56. The van der Waals surface area contributed by atoms with Gasteiger partial charge in [-0.25, -0.2) is 23.9 Å². The number of carbonyl (C=O) groups excluding carboxylic acids is 3. The summed E-state index contributed by atoms with van der Waals surface area (Å²) < 4.78 is 21.7. The number of phosphoric acid groups is 1. The fraction of sp³-hybridized carbons (Fsp3) is 0.531. The van der Waals surface area contributed by atoms with Crippen LogP contribution in [0.4, 0.5) is 0 Å². The number of carbonyl (C=O) groups is 3. The summed E-state index contributed by atoms with van der Waals surface area (Å²) in [5.74, 6) is -1.22. The van der Waals surface area contributed by atoms with Crippen LogP contribution in [0.2, 0.25) is 0 Å². The molecule has 1 amide bonds. The third kappa shape index (κ3) is 12.0. The van der Waals surface area contributed by atoms with Crippen molar-refractivity contribution in [2.45, 2.75) is 80.4 Å². The molecule has 0 saturated carbocycles. The number of hydrogen-bond donors (Lipinski definition) is 5. The Morgan fingerprint density at radius 3 is 2.00 bits per heavy atom. The number of halogens is 1. The first-order valence-electron chi connectivity index (χ1n) is 15.6. The fourth-order valence-corrected chi connectivity index (χ4v) is 7.25. The lowest BCUT2D eigenvalue weighted by Crippen LogP contribution is -2.65. The van der Waals surface area contributed by atoms with E-state index in [1.165, 1.54) is 0 Å². The van der Waals surface area contributed by atoms with Crippen LogP contribution in [0, 0.1) is 5.92 Å². The Morgan fingerprint density at radius 2 is 1.55 bits per heavy atom. The summed E-state index contributed by atoms with van der Waals surface area (Å²) in [5.41, 5.74) is -0.356. The topological polar surface area (TPSA) is 201 Å². The third-order valence-corrected chi connectivity index (χ3v) is 9.71. The minimum atomic E-state index is -4.93. The van der Waals surface area contributed by atoms with Crippen molar-refractivity contribution in [3.63, 3.8) is 0 Å². The molecule has 0 spiro atoms. The van der Waals surface area contributed by atoms with Crippen LogP contribution in [-0.4, -0.2) is 110 Å². The predicted molar refractivity (Wildman–Crippen MR) is 182 cm³/mol. The van der Waals surface area contributed by atoms with Crippen LogP contribution >= 0.6 is 31.2 Å². The second-order valence-electron chi connectivity index (χ2n) is 11.8. The van der Waals surface area contributed by atoms with E-state index in [9.17, 15) is 29.2 Å². The summed E-state index contributed by atoms with van der Waals surface area (Å²) in [4.78, 5) is 65.1. The predicted octanol–water partition coefficient (Wildman–Crippen LogP) is 3.12. The van der Waals surface area contributed by atoms with Crippen molar-refractivity contribution in [1.29, 1.82) is 0 Å². The molecule has 2 aromatic rings. The van der Waals surface area contributed by atoms with Crippen molar-refractivity contribution in [1.82, 2.24) is 10.2 Å². The van der Waals surface area contributed by atoms with Gasteiger partial charge in [-0.15, -0.1) is 23.4 Å². The molecule has 2 saturated heterocycles. The van der Waals surface area contributed by atoms with Crippen molar-refractivity contribution in [3.05, 3.63) is 71.8 Å². The average molecular weight is 747 g/mol. The molecule has 4 rings (SSSR count). The number of nitrogens with one attached hydrogen (secondary N) is 1. The van der Waals surface area contributed by atoms with E-state index >= 15 is 0 Å². The van der Waals surface area contributed by atoms with Crippen molar-refractivity contribution < 1.29 is 58.0 Å². The zero-order valence-corrected chi connectivity index (χ0v) is 30.0. The van der Waals surface area contributed by atoms with Crippen LogP contribution in [0.5, 0.6) is 0 Å². The smallest absolute Gasteiger partial charge is 0.388 e. The number of aliphatic hydroxyl groups is 2. The SMILES string of the molecule is CCCC1CC(C(=O)NC(C(C)Cl)C2OC(SC)C(OP(=O)(O)O)C(O)C2O)N(C)C1.O=C(OOC(=O)c1ccccc1)c1ccccc1. The molecule has 2 aromatic carbocycles. The lowest BCUT2D eigenvalue weighted by Gasteiger charge is -2.45. The second kappa shape index (κ2) is 19.2. The summed E-state index contributed by atoms with van der Waals surface area (Å²) in [7, 11) is -3.04. The van der Waals surface area contributed by atoms with Crippen molar-refractivity contribution >= 4 is 49.0 Å². The average Bonchev–Trinajstić information content (AvgIpc) is 3.45. The molecule has 2 aliphatic rings. The van der Waals surface area contributed by atoms with E-state index in [2.05, 4.69) is 26.5 Å². The summed E-state index contributed by atoms with van der Waals surface area (Å²) in [6.07, 6.45) is -1.37. The molecule has 9 unspecified atom stereocenters. The molecular formula is C32H44ClN2O12PS. The first-order chi connectivity index (χ1) is 23.2. The molecule has 2 aliphatic heterocycles. The van der Waals surface area contributed by atoms with Crippen LogP contribution < -0.4 is 5.32 Å². The van der Waals surface area contributed by atoms with E-state index in [-0.39, 0.29) is 11.9 Å². The van der Waals surface area contributed by atoms with Gasteiger partial charge in [0, 0.05) is 6.54 Å². The van der Waals surface area contributed by atoms with E-state index in [4.69, 9.17) is 26.1 Å². The molecule has 17 heteroatoms. The number of nitrogens with zero attached hydrogens (tertiary/aromatic N) is 1. The van der Waals surface area contributed by atoms with Gasteiger partial charge in [-0.3, -0.25) is 14.2 Å². The van der Waals surface area contributed by atoms with Crippen molar-refractivity contribution in [2.24, 2.45) is 5.92 Å². The van der Waals surface area contributed by atoms with E-state index < -0.39 is 61.0 Å². The van der Waals surface area contributed by atoms with Gasteiger partial charge >= 0.3 is 19.8 Å². The number of thioether (sulfide) groups is 1. The highest BCUT2D eigenvalue weighted by Crippen LogP contribution is 2.43. The third-order valence-electron chi connectivity index (χ3n) is 8.08. The van der Waals surface area contributed by atoms with Gasteiger partial charge in [0.05, 0.1) is 28.6 Å². The van der Waals surface area contributed by atoms with Gasteiger partial charge in [-0.05, 0) is 63.3 Å². The molecule has 5 N–H and O–H groups in total. The normalized spacial score (nSPS) is 26.8. The number of likely N-dealkylation sites (tertiary alicyclic amines) is 1. The van der Waals surface area contributed by atoms with Crippen LogP contribution in [0.1, 0.15) is 53.8 Å². The van der Waals surface area contributed by atoms with Gasteiger partial charge in [0.2, 0.25) is 5.91 Å². The van der Waals surface area contributed by atoms with Crippen LogP contribution in [0.25, 0.3) is 0 Å². The molecule has 9 atom stereocenters. The molecule has 2 heterocycles. The van der Waals surface area contributed by atoms with Gasteiger partial charge in [0.1, 0.15) is 29.9 Å². The molecular weight excluding hydrogens is 703 g/mol. The molecule has 0 bridgehead atoms. The molecule has 49 heavy (non-hydrogen) atoms. The minimum Gasteiger partial charge on any atom is -0.388 e. The molecule has 272 valence electrons. The van der Waals surface area contributed by atoms with Crippen LogP contribution in [0.15, 0.2) is 60.7 Å². The summed E-state index contributed by atoms with van der Waals surface area (Å²) in [6, 6.07) is 15.4. The largest absolute Gasteiger partial charge is 0.470 e. The maximum atomic E-state index is 13.0. The van der Waals surface area contributed by atoms with Crippen molar-refractivity contribution in [3.8, 4) is 0 Å². The first kappa shape index (κ1) is 40.9. The lowest BCUT2D eigenvalue weighted by atomic mass is 9.92. The molecule has 0 radical (unpaired) electrons. The first-order valence-corrected chi connectivity index (χ1v) is 18.9. The number of rotatable bonds is 11. The Bertz CT molecular complexity index is 1350. The Kier molecular flexibility index (Phi) is 16.0. The zero-order chi connectivity index (χ0) is 36.3. The van der Waals surface area contributed by atoms with E-state index in [1.807, 2.05) is 11.9 Å². The van der Waals surface area contributed by atoms with Crippen LogP contribution in [-0.2, 0) is 28.4 Å². The molecule has 0 aromatic heterocycles. The van der Waals surface area contributed by atoms with E-state index in [0.717, 1.165) is 37.6 Å². The standard InChI is InChI=1S/C18H34ClN2O8PS.C14H10O4/c1-5-6-10-7-11(21(3)8-10)17(24)20-12(9(2)19)15-13(22)14(23)16(18(28-15)31-4)29-30(25,26)27;15-13(11-7-3-1-4-8-11)17-18-14(16)12-9-5-2-6-10-12/h9-16,18,22-23H,5-8H2,1-4H3,(H,20,24)(H2,25,26,27);1-10H. The van der Waals surface area contributed by atoms with E-state index in [0.29, 0.717) is 17.0 Å². The molecule has 0 aliphatic carbocycles. The Labute approximate surface area is 294 Å². The maximum absolute atomic E-state index is 13.0. The fourth-order valence-electron chi connectivity index (χ4n) is 5.69. The number of ether oxygens (including phenoxy) is 1. The van der Waals surface area contributed by atoms with E-state index in [1.54, 1.807) is 73.8 Å². The number of phosphoric ester groups is 1. The Morgan fingerprint density at radius 1 is 1.02 bits per heavy atom. The summed E-state index contributed by atoms with van der Waals surface area (Å²) >= 11 is 7.38. The van der Waals surface area contributed by atoms with Gasteiger partial charge in [-0.1, -0.05) is 49.7 Å². The molecule has 14 nitrogen and oxygen atoms in total. The highest BCUT2D eigenvalue weighted by molar-refractivity contribution is 7.99.